The quantitative estimate of drug-likeness (QED) is 0.765. The molecule has 1 aromatic rings. The molecule has 0 spiro atoms. The molecule has 88 valence electrons. The van der Waals surface area contributed by atoms with Gasteiger partial charge in [0.25, 0.3) is 5.91 Å². The van der Waals surface area contributed by atoms with Gasteiger partial charge in [0, 0.05) is 17.8 Å². The number of hydrogen-bond donors (Lipinski definition) is 2. The zero-order valence-corrected chi connectivity index (χ0v) is 10.2. The van der Waals surface area contributed by atoms with E-state index in [2.05, 4.69) is 19.2 Å². The number of hydrogen-bond acceptors (Lipinski definition) is 2. The minimum atomic E-state index is -0.0366. The Bertz CT molecular complexity index is 372. The summed E-state index contributed by atoms with van der Waals surface area (Å²) in [5.74, 6) is 0.563. The highest BCUT2D eigenvalue weighted by Crippen LogP contribution is 2.15. The van der Waals surface area contributed by atoms with Gasteiger partial charge in [0.1, 0.15) is 0 Å². The highest BCUT2D eigenvalue weighted by Gasteiger charge is 2.09. The van der Waals surface area contributed by atoms with Crippen molar-refractivity contribution >= 4 is 11.6 Å². The van der Waals surface area contributed by atoms with Crippen molar-refractivity contribution in [2.45, 2.75) is 27.2 Å². The van der Waals surface area contributed by atoms with Crippen LogP contribution < -0.4 is 11.1 Å². The van der Waals surface area contributed by atoms with Gasteiger partial charge in [-0.05, 0) is 37.0 Å². The maximum atomic E-state index is 11.8. The Hall–Kier alpha value is -1.51. The maximum absolute atomic E-state index is 11.8. The van der Waals surface area contributed by atoms with Crippen LogP contribution in [0.1, 0.15) is 36.2 Å². The van der Waals surface area contributed by atoms with E-state index < -0.39 is 0 Å². The topological polar surface area (TPSA) is 55.1 Å². The molecular weight excluding hydrogens is 200 g/mol. The Kier molecular flexibility index (Phi) is 4.35. The standard InChI is InChI=1S/C13H20N2O/c1-9(2)7-8-15-13(16)11-5-4-6-12(14)10(11)3/h4-6,9H,7-8,14H2,1-3H3,(H,15,16). The second-order valence-electron chi connectivity index (χ2n) is 4.46. The van der Waals surface area contributed by atoms with Crippen LogP contribution in [0.3, 0.4) is 0 Å². The number of carbonyl (C=O) groups is 1. The van der Waals surface area contributed by atoms with Gasteiger partial charge in [0.2, 0.25) is 0 Å². The molecule has 0 aliphatic heterocycles. The molecule has 0 atom stereocenters. The predicted molar refractivity (Wildman–Crippen MR) is 67.4 cm³/mol. The Morgan fingerprint density at radius 2 is 2.12 bits per heavy atom. The van der Waals surface area contributed by atoms with Crippen LogP contribution in [-0.4, -0.2) is 12.5 Å². The Balaban J connectivity index is 2.63. The van der Waals surface area contributed by atoms with E-state index in [4.69, 9.17) is 5.73 Å². The van der Waals surface area contributed by atoms with E-state index in [0.717, 1.165) is 12.0 Å². The largest absolute Gasteiger partial charge is 0.398 e. The first kappa shape index (κ1) is 12.6. The number of nitrogens with two attached hydrogens (primary N) is 1. The van der Waals surface area contributed by atoms with Crippen LogP contribution in [-0.2, 0) is 0 Å². The fraction of sp³-hybridized carbons (Fsp3) is 0.462. The number of amides is 1. The van der Waals surface area contributed by atoms with Gasteiger partial charge in [-0.1, -0.05) is 19.9 Å². The molecule has 0 bridgehead atoms. The third-order valence-corrected chi connectivity index (χ3v) is 2.63. The summed E-state index contributed by atoms with van der Waals surface area (Å²) in [6.07, 6.45) is 0.993. The van der Waals surface area contributed by atoms with Crippen molar-refractivity contribution in [3.8, 4) is 0 Å². The van der Waals surface area contributed by atoms with Crippen LogP contribution >= 0.6 is 0 Å². The van der Waals surface area contributed by atoms with Gasteiger partial charge in [-0.15, -0.1) is 0 Å². The molecule has 0 aromatic heterocycles. The van der Waals surface area contributed by atoms with Gasteiger partial charge in [-0.2, -0.15) is 0 Å². The second kappa shape index (κ2) is 5.54. The number of anilines is 1. The van der Waals surface area contributed by atoms with Gasteiger partial charge >= 0.3 is 0 Å². The van der Waals surface area contributed by atoms with E-state index in [1.54, 1.807) is 18.2 Å². The number of nitrogens with one attached hydrogen (secondary N) is 1. The molecule has 3 N–H and O–H groups in total. The van der Waals surface area contributed by atoms with Crippen molar-refractivity contribution in [3.05, 3.63) is 29.3 Å². The van der Waals surface area contributed by atoms with Crippen LogP contribution in [0.2, 0.25) is 0 Å². The monoisotopic (exact) mass is 220 g/mol. The van der Waals surface area contributed by atoms with Crippen molar-refractivity contribution in [1.29, 1.82) is 0 Å². The molecule has 1 rings (SSSR count). The lowest BCUT2D eigenvalue weighted by Crippen LogP contribution is -2.26. The van der Waals surface area contributed by atoms with Gasteiger partial charge in [-0.3, -0.25) is 4.79 Å². The third-order valence-electron chi connectivity index (χ3n) is 2.63. The minimum absolute atomic E-state index is 0.0366. The summed E-state index contributed by atoms with van der Waals surface area (Å²) in [5.41, 5.74) is 7.94. The third kappa shape index (κ3) is 3.26. The van der Waals surface area contributed by atoms with Crippen molar-refractivity contribution in [1.82, 2.24) is 5.32 Å². The fourth-order valence-corrected chi connectivity index (χ4v) is 1.47. The molecule has 0 heterocycles. The summed E-state index contributed by atoms with van der Waals surface area (Å²) >= 11 is 0. The van der Waals surface area contributed by atoms with Gasteiger partial charge < -0.3 is 11.1 Å². The number of rotatable bonds is 4. The SMILES string of the molecule is Cc1c(N)cccc1C(=O)NCCC(C)C. The first-order valence-electron chi connectivity index (χ1n) is 5.65. The molecule has 16 heavy (non-hydrogen) atoms. The summed E-state index contributed by atoms with van der Waals surface area (Å²) in [6.45, 7) is 6.85. The highest BCUT2D eigenvalue weighted by molar-refractivity contribution is 5.96. The summed E-state index contributed by atoms with van der Waals surface area (Å²) in [7, 11) is 0. The van der Waals surface area contributed by atoms with Crippen LogP contribution in [0, 0.1) is 12.8 Å². The fourth-order valence-electron chi connectivity index (χ4n) is 1.47. The molecule has 1 aromatic carbocycles. The average molecular weight is 220 g/mol. The van der Waals surface area contributed by atoms with E-state index in [9.17, 15) is 4.79 Å². The Morgan fingerprint density at radius 1 is 1.44 bits per heavy atom. The van der Waals surface area contributed by atoms with Gasteiger partial charge in [0.05, 0.1) is 0 Å². The normalized spacial score (nSPS) is 10.5. The first-order chi connectivity index (χ1) is 7.52. The molecule has 3 heteroatoms. The second-order valence-corrected chi connectivity index (χ2v) is 4.46. The van der Waals surface area contributed by atoms with Gasteiger partial charge in [0.15, 0.2) is 0 Å². The van der Waals surface area contributed by atoms with Crippen LogP contribution in [0.4, 0.5) is 5.69 Å². The molecular formula is C13H20N2O. The summed E-state index contributed by atoms with van der Waals surface area (Å²) in [4.78, 5) is 11.8. The van der Waals surface area contributed by atoms with Gasteiger partial charge in [-0.25, -0.2) is 0 Å². The molecule has 0 aliphatic rings. The summed E-state index contributed by atoms with van der Waals surface area (Å²) in [5, 5.41) is 2.90. The van der Waals surface area contributed by atoms with E-state index in [1.165, 1.54) is 0 Å². The lowest BCUT2D eigenvalue weighted by Gasteiger charge is -2.10. The number of nitrogen functional groups attached to an aromatic ring is 1. The summed E-state index contributed by atoms with van der Waals surface area (Å²) < 4.78 is 0. The average Bonchev–Trinajstić information content (AvgIpc) is 2.21. The summed E-state index contributed by atoms with van der Waals surface area (Å²) in [6, 6.07) is 5.41. The Morgan fingerprint density at radius 3 is 2.75 bits per heavy atom. The lowest BCUT2D eigenvalue weighted by atomic mass is 10.1. The molecule has 0 aliphatic carbocycles. The molecule has 0 saturated heterocycles. The molecule has 0 saturated carbocycles. The van der Waals surface area contributed by atoms with Crippen LogP contribution in [0.5, 0.6) is 0 Å². The molecule has 0 radical (unpaired) electrons. The first-order valence-corrected chi connectivity index (χ1v) is 5.65. The van der Waals surface area contributed by atoms with E-state index in [-0.39, 0.29) is 5.91 Å². The zero-order valence-electron chi connectivity index (χ0n) is 10.2. The van der Waals surface area contributed by atoms with Crippen LogP contribution in [0.25, 0.3) is 0 Å². The minimum Gasteiger partial charge on any atom is -0.398 e. The molecule has 0 fully saturated rings. The smallest absolute Gasteiger partial charge is 0.251 e. The number of benzene rings is 1. The molecule has 1 amide bonds. The van der Waals surface area contributed by atoms with Crippen molar-refractivity contribution < 1.29 is 4.79 Å². The Labute approximate surface area is 97.0 Å². The van der Waals surface area contributed by atoms with E-state index in [0.29, 0.717) is 23.7 Å². The molecule has 0 unspecified atom stereocenters. The maximum Gasteiger partial charge on any atom is 0.251 e. The van der Waals surface area contributed by atoms with E-state index >= 15 is 0 Å². The number of carbonyl (C=O) groups excluding carboxylic acids is 1. The van der Waals surface area contributed by atoms with Crippen molar-refractivity contribution in [3.63, 3.8) is 0 Å². The van der Waals surface area contributed by atoms with Crippen LogP contribution in [0.15, 0.2) is 18.2 Å². The molecule has 3 nitrogen and oxygen atoms in total. The predicted octanol–water partition coefficient (Wildman–Crippen LogP) is 2.35. The van der Waals surface area contributed by atoms with E-state index in [1.807, 2.05) is 6.92 Å². The lowest BCUT2D eigenvalue weighted by molar-refractivity contribution is 0.0951. The van der Waals surface area contributed by atoms with Crippen molar-refractivity contribution in [2.75, 3.05) is 12.3 Å². The van der Waals surface area contributed by atoms with Crippen molar-refractivity contribution in [2.24, 2.45) is 5.92 Å². The zero-order chi connectivity index (χ0) is 12.1. The highest BCUT2D eigenvalue weighted by atomic mass is 16.1.